The van der Waals surface area contributed by atoms with E-state index in [9.17, 15) is 10.1 Å². The van der Waals surface area contributed by atoms with E-state index < -0.39 is 4.92 Å². The minimum atomic E-state index is -0.455. The summed E-state index contributed by atoms with van der Waals surface area (Å²) in [4.78, 5) is 10.8. The quantitative estimate of drug-likeness (QED) is 0.450. The van der Waals surface area contributed by atoms with Crippen molar-refractivity contribution >= 4 is 33.2 Å². The Morgan fingerprint density at radius 3 is 2.71 bits per heavy atom. The van der Waals surface area contributed by atoms with Gasteiger partial charge in [-0.15, -0.1) is 10.2 Å². The van der Waals surface area contributed by atoms with E-state index in [0.717, 1.165) is 5.82 Å². The first-order chi connectivity index (χ1) is 9.93. The van der Waals surface area contributed by atoms with Crippen molar-refractivity contribution in [2.75, 3.05) is 0 Å². The first kappa shape index (κ1) is 15.9. The van der Waals surface area contributed by atoms with Gasteiger partial charge in [-0.1, -0.05) is 41.4 Å². The van der Waals surface area contributed by atoms with Crippen LogP contribution in [0.25, 0.3) is 11.4 Å². The van der Waals surface area contributed by atoms with Gasteiger partial charge in [0.1, 0.15) is 5.82 Å². The summed E-state index contributed by atoms with van der Waals surface area (Å²) in [6.07, 6.45) is 0. The molecule has 0 amide bonds. The van der Waals surface area contributed by atoms with Crippen molar-refractivity contribution in [3.05, 3.63) is 39.2 Å². The third-order valence-electron chi connectivity index (χ3n) is 2.89. The molecular formula is C13H14BrClN4O2. The number of nitro benzene ring substituents is 1. The Bertz CT molecular complexity index is 672. The highest BCUT2D eigenvalue weighted by atomic mass is 79.9. The maximum absolute atomic E-state index is 11.2. The molecular weight excluding hydrogens is 360 g/mol. The standard InChI is InChI=1S/C13H14BrClN4O2/c1-8(2)7-18-12(6-14)16-17-13(18)10-4-3-9(15)5-11(10)19(20)21/h3-5,8H,6-7H2,1-2H3. The predicted molar refractivity (Wildman–Crippen MR) is 84.6 cm³/mol. The van der Waals surface area contributed by atoms with E-state index in [1.54, 1.807) is 12.1 Å². The van der Waals surface area contributed by atoms with E-state index in [2.05, 4.69) is 40.0 Å². The summed E-state index contributed by atoms with van der Waals surface area (Å²) in [5.41, 5.74) is 0.353. The summed E-state index contributed by atoms with van der Waals surface area (Å²) in [7, 11) is 0. The Balaban J connectivity index is 2.62. The number of nitro groups is 1. The highest BCUT2D eigenvalue weighted by Gasteiger charge is 2.22. The van der Waals surface area contributed by atoms with Gasteiger partial charge in [0.05, 0.1) is 15.8 Å². The van der Waals surface area contributed by atoms with Gasteiger partial charge >= 0.3 is 0 Å². The first-order valence-electron chi connectivity index (χ1n) is 6.36. The molecule has 1 aromatic heterocycles. The molecule has 0 fully saturated rings. The molecule has 21 heavy (non-hydrogen) atoms. The number of aromatic nitrogens is 3. The van der Waals surface area contributed by atoms with E-state index >= 15 is 0 Å². The molecule has 0 radical (unpaired) electrons. The summed E-state index contributed by atoms with van der Waals surface area (Å²) in [5, 5.41) is 20.3. The van der Waals surface area contributed by atoms with Gasteiger partial charge in [-0.3, -0.25) is 10.1 Å². The number of benzene rings is 1. The third-order valence-corrected chi connectivity index (χ3v) is 3.63. The van der Waals surface area contributed by atoms with Crippen LogP contribution in [0.3, 0.4) is 0 Å². The lowest BCUT2D eigenvalue weighted by Gasteiger charge is -2.12. The topological polar surface area (TPSA) is 73.8 Å². The maximum atomic E-state index is 11.2. The molecule has 2 rings (SSSR count). The second kappa shape index (κ2) is 6.53. The van der Waals surface area contributed by atoms with Crippen LogP contribution in [0.5, 0.6) is 0 Å². The molecule has 0 aliphatic rings. The molecule has 1 heterocycles. The van der Waals surface area contributed by atoms with Gasteiger partial charge in [-0.2, -0.15) is 0 Å². The third kappa shape index (κ3) is 3.41. The maximum Gasteiger partial charge on any atom is 0.281 e. The van der Waals surface area contributed by atoms with E-state index in [-0.39, 0.29) is 5.69 Å². The van der Waals surface area contributed by atoms with Gasteiger partial charge in [-0.25, -0.2) is 0 Å². The molecule has 0 bridgehead atoms. The van der Waals surface area contributed by atoms with Gasteiger partial charge in [0, 0.05) is 17.6 Å². The molecule has 0 aliphatic heterocycles. The highest BCUT2D eigenvalue weighted by Crippen LogP contribution is 2.32. The molecule has 0 saturated carbocycles. The van der Waals surface area contributed by atoms with Gasteiger partial charge in [-0.05, 0) is 18.1 Å². The molecule has 0 spiro atoms. The average molecular weight is 374 g/mol. The number of halogens is 2. The molecule has 8 heteroatoms. The van der Waals surface area contributed by atoms with Crippen LogP contribution in [-0.4, -0.2) is 19.7 Å². The number of alkyl halides is 1. The van der Waals surface area contributed by atoms with Crippen molar-refractivity contribution < 1.29 is 4.92 Å². The Morgan fingerprint density at radius 2 is 2.14 bits per heavy atom. The van der Waals surface area contributed by atoms with E-state index in [0.29, 0.717) is 34.2 Å². The number of hydrogen-bond acceptors (Lipinski definition) is 4. The van der Waals surface area contributed by atoms with Crippen LogP contribution >= 0.6 is 27.5 Å². The van der Waals surface area contributed by atoms with Gasteiger partial charge in [0.2, 0.25) is 0 Å². The largest absolute Gasteiger partial charge is 0.310 e. The Kier molecular flexibility index (Phi) is 4.95. The zero-order chi connectivity index (χ0) is 15.6. The van der Waals surface area contributed by atoms with Crippen molar-refractivity contribution in [2.45, 2.75) is 25.7 Å². The summed E-state index contributed by atoms with van der Waals surface area (Å²) >= 11 is 9.22. The average Bonchev–Trinajstić information content (AvgIpc) is 2.80. The number of hydrogen-bond donors (Lipinski definition) is 0. The lowest BCUT2D eigenvalue weighted by molar-refractivity contribution is -0.384. The molecule has 2 aromatic rings. The van der Waals surface area contributed by atoms with Crippen LogP contribution in [-0.2, 0) is 11.9 Å². The highest BCUT2D eigenvalue weighted by molar-refractivity contribution is 9.08. The monoisotopic (exact) mass is 372 g/mol. The molecule has 0 atom stereocenters. The van der Waals surface area contributed by atoms with Crippen LogP contribution in [0, 0.1) is 16.0 Å². The van der Waals surface area contributed by atoms with Crippen molar-refractivity contribution in [1.82, 2.24) is 14.8 Å². The van der Waals surface area contributed by atoms with E-state index in [1.807, 2.05) is 4.57 Å². The molecule has 112 valence electrons. The summed E-state index contributed by atoms with van der Waals surface area (Å²) < 4.78 is 1.90. The fraction of sp³-hybridized carbons (Fsp3) is 0.385. The first-order valence-corrected chi connectivity index (χ1v) is 7.86. The zero-order valence-corrected chi connectivity index (χ0v) is 13.9. The second-order valence-corrected chi connectivity index (χ2v) is 5.99. The SMILES string of the molecule is CC(C)Cn1c(CBr)nnc1-c1ccc(Cl)cc1[N+](=O)[O-]. The van der Waals surface area contributed by atoms with Gasteiger partial charge in [0.25, 0.3) is 5.69 Å². The Labute approximate surface area is 135 Å². The molecule has 0 aliphatic carbocycles. The predicted octanol–water partition coefficient (Wildman–Crippen LogP) is 4.06. The molecule has 0 unspecified atom stereocenters. The van der Waals surface area contributed by atoms with Crippen LogP contribution in [0.15, 0.2) is 18.2 Å². The smallest absolute Gasteiger partial charge is 0.281 e. The van der Waals surface area contributed by atoms with Crippen molar-refractivity contribution in [2.24, 2.45) is 5.92 Å². The van der Waals surface area contributed by atoms with Gasteiger partial charge in [0.15, 0.2) is 5.82 Å². The molecule has 1 aromatic carbocycles. The van der Waals surface area contributed by atoms with E-state index in [1.165, 1.54) is 6.07 Å². The minimum Gasteiger partial charge on any atom is -0.310 e. The summed E-state index contributed by atoms with van der Waals surface area (Å²) in [6, 6.07) is 4.56. The van der Waals surface area contributed by atoms with Crippen LogP contribution in [0.4, 0.5) is 5.69 Å². The number of rotatable bonds is 5. The summed E-state index contributed by atoms with van der Waals surface area (Å²) in [5.74, 6) is 1.59. The van der Waals surface area contributed by atoms with Crippen molar-refractivity contribution in [3.63, 3.8) is 0 Å². The van der Waals surface area contributed by atoms with E-state index in [4.69, 9.17) is 11.6 Å². The second-order valence-electron chi connectivity index (χ2n) is 5.00. The fourth-order valence-corrected chi connectivity index (χ4v) is 2.62. The minimum absolute atomic E-state index is 0.0685. The number of nitrogens with zero attached hydrogens (tertiary/aromatic N) is 4. The van der Waals surface area contributed by atoms with Crippen LogP contribution in [0.2, 0.25) is 5.02 Å². The van der Waals surface area contributed by atoms with Gasteiger partial charge < -0.3 is 4.57 Å². The summed E-state index contributed by atoms with van der Waals surface area (Å²) in [6.45, 7) is 4.82. The fourth-order valence-electron chi connectivity index (χ4n) is 2.04. The lowest BCUT2D eigenvalue weighted by atomic mass is 10.1. The molecule has 0 saturated heterocycles. The van der Waals surface area contributed by atoms with Crippen molar-refractivity contribution in [3.8, 4) is 11.4 Å². The molecule has 0 N–H and O–H groups in total. The Morgan fingerprint density at radius 1 is 1.43 bits per heavy atom. The Hall–Kier alpha value is -1.47. The van der Waals surface area contributed by atoms with Crippen LogP contribution < -0.4 is 0 Å². The van der Waals surface area contributed by atoms with Crippen LogP contribution in [0.1, 0.15) is 19.7 Å². The molecule has 6 nitrogen and oxygen atoms in total. The zero-order valence-electron chi connectivity index (χ0n) is 11.6. The van der Waals surface area contributed by atoms with Crippen molar-refractivity contribution in [1.29, 1.82) is 0 Å². The normalized spacial score (nSPS) is 11.1. The lowest BCUT2D eigenvalue weighted by Crippen LogP contribution is -2.10.